The van der Waals surface area contributed by atoms with Crippen LogP contribution in [-0.2, 0) is 13.1 Å². The first-order valence-corrected chi connectivity index (χ1v) is 7.62. The van der Waals surface area contributed by atoms with Gasteiger partial charge in [-0.25, -0.2) is 0 Å². The van der Waals surface area contributed by atoms with Gasteiger partial charge in [-0.05, 0) is 11.1 Å². The van der Waals surface area contributed by atoms with E-state index in [1.807, 2.05) is 6.07 Å². The topological polar surface area (TPSA) is 3.24 Å². The predicted molar refractivity (Wildman–Crippen MR) is 92.8 cm³/mol. The van der Waals surface area contributed by atoms with Gasteiger partial charge in [-0.3, -0.25) is 0 Å². The summed E-state index contributed by atoms with van der Waals surface area (Å²) in [7, 11) is 0. The second kappa shape index (κ2) is 8.63. The van der Waals surface area contributed by atoms with Crippen LogP contribution in [0.15, 0.2) is 78.9 Å². The zero-order chi connectivity index (χ0) is 15.2. The van der Waals surface area contributed by atoms with Gasteiger partial charge in [0.05, 0.1) is 0 Å². The molecule has 0 fully saturated rings. The van der Waals surface area contributed by atoms with Crippen molar-refractivity contribution < 1.29 is 18.9 Å². The standard InChI is InChI=1S/C21H20N.Li/c1-18-9-8-14-21(15-18)22(16-19-10-4-2-5-11-19)17-20-12-6-3-7-13-20;/h2-13,15H,16-17H2,1H3;/q-1;+1. The minimum atomic E-state index is 0. The van der Waals surface area contributed by atoms with Gasteiger partial charge in [-0.2, -0.15) is 23.8 Å². The van der Waals surface area contributed by atoms with Crippen molar-refractivity contribution in [1.29, 1.82) is 0 Å². The SMILES string of the molecule is Cc1cc[c-]c(N(Cc2ccccc2)Cc2ccccc2)c1.[Li+]. The number of hydrogen-bond acceptors (Lipinski definition) is 1. The van der Waals surface area contributed by atoms with Gasteiger partial charge >= 0.3 is 18.9 Å². The molecule has 0 aliphatic heterocycles. The minimum absolute atomic E-state index is 0. The van der Waals surface area contributed by atoms with E-state index >= 15 is 0 Å². The number of hydrogen-bond donors (Lipinski definition) is 0. The van der Waals surface area contributed by atoms with Gasteiger partial charge in [0.15, 0.2) is 0 Å². The molecule has 0 saturated heterocycles. The fourth-order valence-corrected chi connectivity index (χ4v) is 2.58. The van der Waals surface area contributed by atoms with E-state index in [1.54, 1.807) is 0 Å². The van der Waals surface area contributed by atoms with E-state index in [0.29, 0.717) is 0 Å². The molecule has 0 spiro atoms. The molecule has 0 aromatic heterocycles. The Morgan fingerprint density at radius 2 is 1.30 bits per heavy atom. The van der Waals surface area contributed by atoms with E-state index in [0.717, 1.165) is 18.8 Å². The average Bonchev–Trinajstić information content (AvgIpc) is 2.56. The minimum Gasteiger partial charge on any atom is -0.385 e. The molecular formula is C21H20LiN. The molecule has 0 aliphatic carbocycles. The largest absolute Gasteiger partial charge is 1.00 e. The van der Waals surface area contributed by atoms with Gasteiger partial charge in [-0.15, -0.1) is 6.07 Å². The van der Waals surface area contributed by atoms with Gasteiger partial charge < -0.3 is 4.90 Å². The number of benzene rings is 3. The Hall–Kier alpha value is -1.94. The van der Waals surface area contributed by atoms with E-state index < -0.39 is 0 Å². The molecule has 0 aliphatic rings. The molecule has 0 amide bonds. The molecule has 0 saturated carbocycles. The van der Waals surface area contributed by atoms with E-state index in [4.69, 9.17) is 0 Å². The van der Waals surface area contributed by atoms with Crippen LogP contribution in [0.1, 0.15) is 16.7 Å². The Morgan fingerprint density at radius 3 is 1.78 bits per heavy atom. The normalized spacial score (nSPS) is 9.96. The number of nitrogens with zero attached hydrogens (tertiary/aromatic N) is 1. The molecule has 110 valence electrons. The van der Waals surface area contributed by atoms with Crippen LogP contribution in [0.25, 0.3) is 0 Å². The van der Waals surface area contributed by atoms with Gasteiger partial charge in [0.25, 0.3) is 0 Å². The van der Waals surface area contributed by atoms with Crippen molar-refractivity contribution in [3.05, 3.63) is 102 Å². The van der Waals surface area contributed by atoms with Crippen molar-refractivity contribution in [3.63, 3.8) is 0 Å². The van der Waals surface area contributed by atoms with Crippen LogP contribution in [0.4, 0.5) is 5.69 Å². The van der Waals surface area contributed by atoms with Gasteiger partial charge in [0.2, 0.25) is 0 Å². The van der Waals surface area contributed by atoms with E-state index in [1.165, 1.54) is 16.7 Å². The van der Waals surface area contributed by atoms with Crippen LogP contribution in [-0.4, -0.2) is 0 Å². The van der Waals surface area contributed by atoms with Crippen molar-refractivity contribution in [2.45, 2.75) is 20.0 Å². The van der Waals surface area contributed by atoms with Crippen LogP contribution < -0.4 is 23.8 Å². The van der Waals surface area contributed by atoms with Crippen LogP contribution in [0.2, 0.25) is 0 Å². The summed E-state index contributed by atoms with van der Waals surface area (Å²) < 4.78 is 0. The molecule has 3 aromatic carbocycles. The second-order valence-corrected chi connectivity index (χ2v) is 5.58. The Labute approximate surface area is 151 Å². The van der Waals surface area contributed by atoms with Crippen molar-refractivity contribution in [1.82, 2.24) is 0 Å². The quantitative estimate of drug-likeness (QED) is 0.514. The van der Waals surface area contributed by atoms with Crippen molar-refractivity contribution in [2.24, 2.45) is 0 Å². The van der Waals surface area contributed by atoms with E-state index in [2.05, 4.69) is 90.7 Å². The molecule has 0 unspecified atom stereocenters. The first-order valence-electron chi connectivity index (χ1n) is 7.62. The Morgan fingerprint density at radius 1 is 0.783 bits per heavy atom. The number of aryl methyl sites for hydroxylation is 1. The van der Waals surface area contributed by atoms with Crippen molar-refractivity contribution >= 4 is 5.69 Å². The molecule has 0 atom stereocenters. The second-order valence-electron chi connectivity index (χ2n) is 5.58. The maximum atomic E-state index is 3.38. The van der Waals surface area contributed by atoms with Gasteiger partial charge in [0.1, 0.15) is 0 Å². The first kappa shape index (κ1) is 17.4. The summed E-state index contributed by atoms with van der Waals surface area (Å²) in [5.74, 6) is 0. The van der Waals surface area contributed by atoms with Crippen LogP contribution in [0.3, 0.4) is 0 Å². The Bertz CT molecular complexity index is 669. The molecule has 0 heterocycles. The maximum Gasteiger partial charge on any atom is 1.00 e. The summed E-state index contributed by atoms with van der Waals surface area (Å²) in [4.78, 5) is 2.37. The Balaban J connectivity index is 0.00000192. The first-order chi connectivity index (χ1) is 10.8. The molecule has 1 nitrogen and oxygen atoms in total. The molecule has 0 N–H and O–H groups in total. The third-order valence-electron chi connectivity index (χ3n) is 3.72. The molecule has 2 heteroatoms. The molecule has 23 heavy (non-hydrogen) atoms. The molecule has 0 radical (unpaired) electrons. The average molecular weight is 293 g/mol. The zero-order valence-electron chi connectivity index (χ0n) is 13.9. The smallest absolute Gasteiger partial charge is 0.385 e. The third-order valence-corrected chi connectivity index (χ3v) is 3.72. The van der Waals surface area contributed by atoms with E-state index in [-0.39, 0.29) is 18.9 Å². The van der Waals surface area contributed by atoms with Crippen molar-refractivity contribution in [2.75, 3.05) is 4.90 Å². The number of rotatable bonds is 5. The molecule has 3 rings (SSSR count). The summed E-state index contributed by atoms with van der Waals surface area (Å²) in [6, 6.07) is 30.9. The Kier molecular flexibility index (Phi) is 6.53. The fourth-order valence-electron chi connectivity index (χ4n) is 2.58. The summed E-state index contributed by atoms with van der Waals surface area (Å²) in [5, 5.41) is 0. The van der Waals surface area contributed by atoms with Crippen LogP contribution in [0, 0.1) is 13.0 Å². The monoisotopic (exact) mass is 293 g/mol. The fraction of sp³-hybridized carbons (Fsp3) is 0.143. The van der Waals surface area contributed by atoms with E-state index in [9.17, 15) is 0 Å². The van der Waals surface area contributed by atoms with Crippen molar-refractivity contribution in [3.8, 4) is 0 Å². The van der Waals surface area contributed by atoms with Crippen LogP contribution >= 0.6 is 0 Å². The zero-order valence-corrected chi connectivity index (χ0v) is 13.9. The molecule has 3 aromatic rings. The van der Waals surface area contributed by atoms with Crippen LogP contribution in [0.5, 0.6) is 0 Å². The summed E-state index contributed by atoms with van der Waals surface area (Å²) in [6.45, 7) is 3.89. The summed E-state index contributed by atoms with van der Waals surface area (Å²) in [5.41, 5.74) is 5.04. The molecule has 0 bridgehead atoms. The van der Waals surface area contributed by atoms with Gasteiger partial charge in [0, 0.05) is 13.1 Å². The summed E-state index contributed by atoms with van der Waals surface area (Å²) >= 11 is 0. The predicted octanol–water partition coefficient (Wildman–Crippen LogP) is 2.01. The number of anilines is 1. The summed E-state index contributed by atoms with van der Waals surface area (Å²) in [6.07, 6.45) is 0. The maximum absolute atomic E-state index is 3.38. The third kappa shape index (κ3) is 5.03. The molecular weight excluding hydrogens is 273 g/mol. The van der Waals surface area contributed by atoms with Gasteiger partial charge in [-0.1, -0.05) is 73.3 Å².